The Hall–Kier alpha value is -2.12. The van der Waals surface area contributed by atoms with Crippen LogP contribution in [0.4, 0.5) is 11.4 Å². The summed E-state index contributed by atoms with van der Waals surface area (Å²) in [4.78, 5) is 30.6. The summed E-state index contributed by atoms with van der Waals surface area (Å²) in [5.41, 5.74) is 1.49. The van der Waals surface area contributed by atoms with Crippen molar-refractivity contribution in [3.8, 4) is 0 Å². The fourth-order valence-corrected chi connectivity index (χ4v) is 2.80. The Labute approximate surface area is 150 Å². The molecule has 7 heteroatoms. The van der Waals surface area contributed by atoms with Gasteiger partial charge in [-0.1, -0.05) is 12.1 Å². The minimum absolute atomic E-state index is 0.508. The molecule has 1 aromatic rings. The first-order valence-electron chi connectivity index (χ1n) is 8.74. The zero-order chi connectivity index (χ0) is 18.2. The number of carbonyl (C=O) groups excluding carboxylic acids is 2. The number of carbonyl (C=O) groups is 2. The minimum atomic E-state index is -0.631. The second-order valence-corrected chi connectivity index (χ2v) is 6.62. The third kappa shape index (κ3) is 6.03. The zero-order valence-electron chi connectivity index (χ0n) is 15.4. The van der Waals surface area contributed by atoms with Crippen molar-refractivity contribution in [3.05, 3.63) is 24.3 Å². The van der Waals surface area contributed by atoms with Crippen LogP contribution in [0.15, 0.2) is 24.3 Å². The highest BCUT2D eigenvalue weighted by molar-refractivity contribution is 6.39. The number of amides is 2. The van der Waals surface area contributed by atoms with Crippen LogP contribution in [-0.2, 0) is 9.59 Å². The van der Waals surface area contributed by atoms with Gasteiger partial charge in [-0.3, -0.25) is 9.59 Å². The maximum absolute atomic E-state index is 12.1. The van der Waals surface area contributed by atoms with Gasteiger partial charge in [0.25, 0.3) is 0 Å². The predicted octanol–water partition coefficient (Wildman–Crippen LogP) is 0.445. The number of piperazine rings is 1. The number of hydrogen-bond acceptors (Lipinski definition) is 5. The molecule has 0 aromatic heterocycles. The summed E-state index contributed by atoms with van der Waals surface area (Å²) in [5.74, 6) is -1.22. The number of nitrogens with one attached hydrogen (secondary N) is 2. The van der Waals surface area contributed by atoms with Gasteiger partial charge in [0.2, 0.25) is 0 Å². The van der Waals surface area contributed by atoms with Gasteiger partial charge in [0, 0.05) is 46.8 Å². The number of anilines is 2. The van der Waals surface area contributed by atoms with E-state index in [1.807, 2.05) is 37.2 Å². The summed E-state index contributed by atoms with van der Waals surface area (Å²) < 4.78 is 0. The fraction of sp³-hybridized carbons (Fsp3) is 0.556. The van der Waals surface area contributed by atoms with E-state index in [4.69, 9.17) is 0 Å². The second kappa shape index (κ2) is 9.39. The van der Waals surface area contributed by atoms with E-state index in [1.165, 1.54) is 0 Å². The standard InChI is InChI=1S/C18H29N5O2/c1-21(2)16-8-5-4-7-15(16)20-18(25)17(24)19-9-6-10-23-13-11-22(3)12-14-23/h4-5,7-8H,6,9-14H2,1-3H3,(H,19,24)(H,20,25). The van der Waals surface area contributed by atoms with Gasteiger partial charge in [-0.2, -0.15) is 0 Å². The lowest BCUT2D eigenvalue weighted by Gasteiger charge is -2.32. The molecule has 2 N–H and O–H groups in total. The van der Waals surface area contributed by atoms with E-state index in [9.17, 15) is 9.59 Å². The SMILES string of the molecule is CN1CCN(CCCNC(=O)C(=O)Nc2ccccc2N(C)C)CC1. The van der Waals surface area contributed by atoms with Crippen molar-refractivity contribution >= 4 is 23.2 Å². The molecule has 1 aromatic carbocycles. The lowest BCUT2D eigenvalue weighted by Crippen LogP contribution is -2.45. The molecule has 0 spiro atoms. The van der Waals surface area contributed by atoms with E-state index in [0.717, 1.165) is 44.8 Å². The van der Waals surface area contributed by atoms with E-state index in [1.54, 1.807) is 6.07 Å². The summed E-state index contributed by atoms with van der Waals surface area (Å²) in [6.45, 7) is 5.74. The molecule has 0 unspecified atom stereocenters. The monoisotopic (exact) mass is 347 g/mol. The summed E-state index contributed by atoms with van der Waals surface area (Å²) in [6.07, 6.45) is 0.844. The largest absolute Gasteiger partial charge is 0.376 e. The molecule has 1 aliphatic heterocycles. The van der Waals surface area contributed by atoms with Crippen LogP contribution in [0.5, 0.6) is 0 Å². The number of benzene rings is 1. The Bertz CT molecular complexity index is 583. The van der Waals surface area contributed by atoms with Crippen LogP contribution in [0.3, 0.4) is 0 Å². The van der Waals surface area contributed by atoms with Crippen molar-refractivity contribution < 1.29 is 9.59 Å². The molecule has 0 aliphatic carbocycles. The Morgan fingerprint density at radius 3 is 2.44 bits per heavy atom. The molecule has 1 aliphatic rings. The molecule has 1 heterocycles. The molecule has 2 amide bonds. The first kappa shape index (κ1) is 19.2. The first-order valence-corrected chi connectivity index (χ1v) is 8.74. The highest BCUT2D eigenvalue weighted by Gasteiger charge is 2.16. The predicted molar refractivity (Wildman–Crippen MR) is 101 cm³/mol. The Balaban J connectivity index is 1.71. The number of hydrogen-bond donors (Lipinski definition) is 2. The lowest BCUT2D eigenvalue weighted by molar-refractivity contribution is -0.136. The molecular formula is C18H29N5O2. The van der Waals surface area contributed by atoms with E-state index in [-0.39, 0.29) is 0 Å². The van der Waals surface area contributed by atoms with Gasteiger partial charge in [0.15, 0.2) is 0 Å². The van der Waals surface area contributed by atoms with Crippen LogP contribution in [0, 0.1) is 0 Å². The summed E-state index contributed by atoms with van der Waals surface area (Å²) >= 11 is 0. The second-order valence-electron chi connectivity index (χ2n) is 6.62. The average molecular weight is 347 g/mol. The van der Waals surface area contributed by atoms with Crippen molar-refractivity contribution in [1.82, 2.24) is 15.1 Å². The molecule has 0 atom stereocenters. The molecule has 1 fully saturated rings. The van der Waals surface area contributed by atoms with Gasteiger partial charge >= 0.3 is 11.8 Å². The molecule has 1 saturated heterocycles. The molecular weight excluding hydrogens is 318 g/mol. The average Bonchev–Trinajstić information content (AvgIpc) is 2.60. The molecule has 2 rings (SSSR count). The molecule has 7 nitrogen and oxygen atoms in total. The van der Waals surface area contributed by atoms with Crippen molar-refractivity contribution in [2.45, 2.75) is 6.42 Å². The first-order chi connectivity index (χ1) is 12.0. The van der Waals surface area contributed by atoms with E-state index in [0.29, 0.717) is 12.2 Å². The van der Waals surface area contributed by atoms with Crippen LogP contribution in [0.25, 0.3) is 0 Å². The van der Waals surface area contributed by atoms with Crippen LogP contribution in [0.1, 0.15) is 6.42 Å². The molecule has 138 valence electrons. The van der Waals surface area contributed by atoms with Crippen molar-refractivity contribution in [3.63, 3.8) is 0 Å². The van der Waals surface area contributed by atoms with Crippen LogP contribution < -0.4 is 15.5 Å². The number of likely N-dealkylation sites (N-methyl/N-ethyl adjacent to an activating group) is 1. The minimum Gasteiger partial charge on any atom is -0.376 e. The van der Waals surface area contributed by atoms with Gasteiger partial charge in [0.05, 0.1) is 11.4 Å². The van der Waals surface area contributed by atoms with Crippen LogP contribution in [0.2, 0.25) is 0 Å². The normalized spacial score (nSPS) is 15.6. The summed E-state index contributed by atoms with van der Waals surface area (Å²) in [7, 11) is 5.91. The van der Waals surface area contributed by atoms with Gasteiger partial charge in [-0.15, -0.1) is 0 Å². The maximum Gasteiger partial charge on any atom is 0.313 e. The number of nitrogens with zero attached hydrogens (tertiary/aromatic N) is 3. The van der Waals surface area contributed by atoms with Gasteiger partial charge in [-0.05, 0) is 32.1 Å². The van der Waals surface area contributed by atoms with E-state index >= 15 is 0 Å². The van der Waals surface area contributed by atoms with Gasteiger partial charge in [-0.25, -0.2) is 0 Å². The van der Waals surface area contributed by atoms with Crippen LogP contribution in [-0.4, -0.2) is 82.0 Å². The van der Waals surface area contributed by atoms with Gasteiger partial charge < -0.3 is 25.3 Å². The molecule has 0 bridgehead atoms. The van der Waals surface area contributed by atoms with Crippen molar-refractivity contribution in [1.29, 1.82) is 0 Å². The van der Waals surface area contributed by atoms with E-state index in [2.05, 4.69) is 27.5 Å². The highest BCUT2D eigenvalue weighted by atomic mass is 16.2. The lowest BCUT2D eigenvalue weighted by atomic mass is 10.2. The Morgan fingerprint density at radius 2 is 1.76 bits per heavy atom. The number of para-hydroxylation sites is 2. The summed E-state index contributed by atoms with van der Waals surface area (Å²) in [5, 5.41) is 5.38. The van der Waals surface area contributed by atoms with E-state index < -0.39 is 11.8 Å². The Kier molecular flexibility index (Phi) is 7.21. The quantitative estimate of drug-likeness (QED) is 0.578. The molecule has 0 radical (unpaired) electrons. The summed E-state index contributed by atoms with van der Waals surface area (Å²) in [6, 6.07) is 7.40. The highest BCUT2D eigenvalue weighted by Crippen LogP contribution is 2.23. The third-order valence-corrected chi connectivity index (χ3v) is 4.37. The van der Waals surface area contributed by atoms with Crippen molar-refractivity contribution in [2.24, 2.45) is 0 Å². The third-order valence-electron chi connectivity index (χ3n) is 4.37. The topological polar surface area (TPSA) is 67.9 Å². The maximum atomic E-state index is 12.1. The Morgan fingerprint density at radius 1 is 1.08 bits per heavy atom. The molecule has 0 saturated carbocycles. The van der Waals surface area contributed by atoms with Crippen LogP contribution >= 0.6 is 0 Å². The molecule has 25 heavy (non-hydrogen) atoms. The zero-order valence-corrected chi connectivity index (χ0v) is 15.4. The van der Waals surface area contributed by atoms with Gasteiger partial charge in [0.1, 0.15) is 0 Å². The number of rotatable bonds is 6. The fourth-order valence-electron chi connectivity index (χ4n) is 2.80. The smallest absolute Gasteiger partial charge is 0.313 e. The van der Waals surface area contributed by atoms with Crippen molar-refractivity contribution in [2.75, 3.05) is 70.6 Å².